The molecule has 0 saturated heterocycles. The van der Waals surface area contributed by atoms with Crippen LogP contribution in [0, 0.1) is 3.57 Å². The van der Waals surface area contributed by atoms with Crippen LogP contribution in [0.3, 0.4) is 0 Å². The lowest BCUT2D eigenvalue weighted by atomic mass is 10.3. The maximum atomic E-state index is 11.1. The van der Waals surface area contributed by atoms with E-state index in [-0.39, 0.29) is 23.8 Å². The predicted molar refractivity (Wildman–Crippen MR) is 66.5 cm³/mol. The lowest BCUT2D eigenvalue weighted by Gasteiger charge is -2.08. The highest BCUT2D eigenvalue weighted by atomic mass is 127. The molecular weight excluding hydrogens is 354 g/mol. The van der Waals surface area contributed by atoms with Crippen LogP contribution >= 0.6 is 45.8 Å². The van der Waals surface area contributed by atoms with Crippen LogP contribution in [0.15, 0.2) is 12.1 Å². The Morgan fingerprint density at radius 3 is 2.67 bits per heavy atom. The van der Waals surface area contributed by atoms with Gasteiger partial charge in [0.25, 0.3) is 0 Å². The number of rotatable bonds is 3. The highest BCUT2D eigenvalue weighted by Crippen LogP contribution is 2.33. The second-order valence-corrected chi connectivity index (χ2v) is 4.65. The van der Waals surface area contributed by atoms with E-state index in [1.807, 2.05) is 22.6 Å². The number of benzene rings is 1. The van der Waals surface area contributed by atoms with Gasteiger partial charge in [0.15, 0.2) is 5.75 Å². The summed E-state index contributed by atoms with van der Waals surface area (Å²) in [4.78, 5) is 11.1. The first kappa shape index (κ1) is 13.0. The van der Waals surface area contributed by atoms with Crippen molar-refractivity contribution < 1.29 is 14.6 Å². The largest absolute Gasteiger partial charge is 0.424 e. The van der Waals surface area contributed by atoms with E-state index >= 15 is 0 Å². The molecule has 3 nitrogen and oxygen atoms in total. The maximum absolute atomic E-state index is 11.1. The van der Waals surface area contributed by atoms with Gasteiger partial charge >= 0.3 is 5.97 Å². The number of esters is 1. The molecule has 0 aliphatic rings. The standard InChI is InChI=1S/C9H7Cl2IO3/c10-5-3-6(11)9(7(12)4-5)15-8(14)1-2-13/h3-4,13H,1-2H2. The molecule has 0 spiro atoms. The molecule has 15 heavy (non-hydrogen) atoms. The number of ether oxygens (including phenoxy) is 1. The highest BCUT2D eigenvalue weighted by Gasteiger charge is 2.12. The van der Waals surface area contributed by atoms with Gasteiger partial charge in [0.2, 0.25) is 0 Å². The molecule has 1 rings (SSSR count). The Kier molecular flexibility index (Phi) is 5.11. The summed E-state index contributed by atoms with van der Waals surface area (Å²) in [6, 6.07) is 3.13. The molecular formula is C9H7Cl2IO3. The molecule has 0 amide bonds. The third kappa shape index (κ3) is 3.79. The number of carbonyl (C=O) groups excluding carboxylic acids is 1. The molecule has 0 aliphatic heterocycles. The van der Waals surface area contributed by atoms with Gasteiger partial charge < -0.3 is 9.84 Å². The van der Waals surface area contributed by atoms with Crippen molar-refractivity contribution in [3.8, 4) is 5.75 Å². The van der Waals surface area contributed by atoms with Crippen molar-refractivity contribution in [2.45, 2.75) is 6.42 Å². The predicted octanol–water partition coefficient (Wildman–Crippen LogP) is 2.89. The maximum Gasteiger partial charge on any atom is 0.313 e. The van der Waals surface area contributed by atoms with Gasteiger partial charge in [0.1, 0.15) is 0 Å². The van der Waals surface area contributed by atoms with Crippen LogP contribution in [0.25, 0.3) is 0 Å². The van der Waals surface area contributed by atoms with Gasteiger partial charge in [0, 0.05) is 5.02 Å². The molecule has 0 atom stereocenters. The Morgan fingerprint density at radius 1 is 1.47 bits per heavy atom. The first-order valence-corrected chi connectivity index (χ1v) is 5.84. The summed E-state index contributed by atoms with van der Waals surface area (Å²) in [5.41, 5.74) is 0. The Hall–Kier alpha value is -0.0400. The summed E-state index contributed by atoms with van der Waals surface area (Å²) in [7, 11) is 0. The van der Waals surface area contributed by atoms with E-state index in [1.165, 1.54) is 6.07 Å². The minimum Gasteiger partial charge on any atom is -0.424 e. The van der Waals surface area contributed by atoms with E-state index in [1.54, 1.807) is 6.07 Å². The molecule has 0 saturated carbocycles. The van der Waals surface area contributed by atoms with Crippen LogP contribution in [-0.2, 0) is 4.79 Å². The van der Waals surface area contributed by atoms with Gasteiger partial charge in [-0.15, -0.1) is 0 Å². The van der Waals surface area contributed by atoms with Crippen LogP contribution in [-0.4, -0.2) is 17.7 Å². The monoisotopic (exact) mass is 360 g/mol. The fourth-order valence-electron chi connectivity index (χ4n) is 0.883. The average Bonchev–Trinajstić information content (AvgIpc) is 2.11. The normalized spacial score (nSPS) is 10.1. The van der Waals surface area contributed by atoms with Gasteiger partial charge in [-0.2, -0.15) is 0 Å². The molecule has 82 valence electrons. The molecule has 0 radical (unpaired) electrons. The van der Waals surface area contributed by atoms with Crippen LogP contribution in [0.1, 0.15) is 6.42 Å². The van der Waals surface area contributed by atoms with E-state index in [0.717, 1.165) is 0 Å². The van der Waals surface area contributed by atoms with Gasteiger partial charge in [-0.3, -0.25) is 4.79 Å². The van der Waals surface area contributed by atoms with Gasteiger partial charge in [0.05, 0.1) is 21.6 Å². The molecule has 0 unspecified atom stereocenters. The van der Waals surface area contributed by atoms with Crippen LogP contribution in [0.4, 0.5) is 0 Å². The molecule has 6 heteroatoms. The van der Waals surface area contributed by atoms with Gasteiger partial charge in [-0.25, -0.2) is 0 Å². The molecule has 0 bridgehead atoms. The van der Waals surface area contributed by atoms with Crippen molar-refractivity contribution in [3.05, 3.63) is 25.7 Å². The first-order chi connectivity index (χ1) is 7.04. The molecule has 1 N–H and O–H groups in total. The van der Waals surface area contributed by atoms with Crippen molar-refractivity contribution in [3.63, 3.8) is 0 Å². The lowest BCUT2D eigenvalue weighted by Crippen LogP contribution is -2.10. The van der Waals surface area contributed by atoms with E-state index < -0.39 is 5.97 Å². The number of halogens is 3. The van der Waals surface area contributed by atoms with Crippen LogP contribution in [0.2, 0.25) is 10.0 Å². The second-order valence-electron chi connectivity index (χ2n) is 2.65. The average molecular weight is 361 g/mol. The Bertz CT molecular complexity index is 359. The number of hydrogen-bond acceptors (Lipinski definition) is 3. The fraction of sp³-hybridized carbons (Fsp3) is 0.222. The highest BCUT2D eigenvalue weighted by molar-refractivity contribution is 14.1. The summed E-state index contributed by atoms with van der Waals surface area (Å²) >= 11 is 13.6. The van der Waals surface area contributed by atoms with Crippen LogP contribution in [0.5, 0.6) is 5.75 Å². The molecule has 1 aromatic rings. The molecule has 0 aliphatic carbocycles. The van der Waals surface area contributed by atoms with Gasteiger partial charge in [-0.05, 0) is 34.7 Å². The fourth-order valence-corrected chi connectivity index (χ4v) is 2.49. The Morgan fingerprint density at radius 2 is 2.13 bits per heavy atom. The Balaban J connectivity index is 2.90. The molecule has 0 aromatic heterocycles. The zero-order chi connectivity index (χ0) is 11.4. The minimum absolute atomic E-state index is 0.0605. The third-order valence-electron chi connectivity index (χ3n) is 1.49. The van der Waals surface area contributed by atoms with E-state index in [4.69, 9.17) is 33.0 Å². The molecule has 0 heterocycles. The number of carbonyl (C=O) groups is 1. The summed E-state index contributed by atoms with van der Waals surface area (Å²) < 4.78 is 5.62. The zero-order valence-corrected chi connectivity index (χ0v) is 11.1. The van der Waals surface area contributed by atoms with Gasteiger partial charge in [-0.1, -0.05) is 23.2 Å². The van der Waals surface area contributed by atoms with E-state index in [2.05, 4.69) is 0 Å². The second kappa shape index (κ2) is 5.89. The summed E-state index contributed by atoms with van der Waals surface area (Å²) in [6.45, 7) is -0.249. The first-order valence-electron chi connectivity index (χ1n) is 4.00. The zero-order valence-electron chi connectivity index (χ0n) is 7.47. The van der Waals surface area contributed by atoms with E-state index in [0.29, 0.717) is 8.59 Å². The van der Waals surface area contributed by atoms with Crippen molar-refractivity contribution >= 4 is 51.8 Å². The minimum atomic E-state index is -0.528. The van der Waals surface area contributed by atoms with E-state index in [9.17, 15) is 4.79 Å². The van der Waals surface area contributed by atoms with Crippen LogP contribution < -0.4 is 4.74 Å². The summed E-state index contributed by atoms with van der Waals surface area (Å²) in [5.74, 6) is -0.250. The molecule has 1 aromatic carbocycles. The summed E-state index contributed by atoms with van der Waals surface area (Å²) in [6.07, 6.45) is -0.0605. The lowest BCUT2D eigenvalue weighted by molar-refractivity contribution is -0.135. The number of aliphatic hydroxyl groups excluding tert-OH is 1. The van der Waals surface area contributed by atoms with Crippen molar-refractivity contribution in [1.29, 1.82) is 0 Å². The number of aliphatic hydroxyl groups is 1. The SMILES string of the molecule is O=C(CCO)Oc1c(Cl)cc(Cl)cc1I. The smallest absolute Gasteiger partial charge is 0.313 e. The van der Waals surface area contributed by atoms with Crippen molar-refractivity contribution in [1.82, 2.24) is 0 Å². The quantitative estimate of drug-likeness (QED) is 0.512. The molecule has 0 fully saturated rings. The van der Waals surface area contributed by atoms with Crippen molar-refractivity contribution in [2.24, 2.45) is 0 Å². The summed E-state index contributed by atoms with van der Waals surface area (Å²) in [5, 5.41) is 9.29. The third-order valence-corrected chi connectivity index (χ3v) is 2.80. The number of hydrogen-bond donors (Lipinski definition) is 1. The Labute approximate surface area is 110 Å². The van der Waals surface area contributed by atoms with Crippen molar-refractivity contribution in [2.75, 3.05) is 6.61 Å². The topological polar surface area (TPSA) is 46.5 Å².